The van der Waals surface area contributed by atoms with Crippen LogP contribution < -0.4 is 16.0 Å². The number of nitrogens with one attached hydrogen (secondary N) is 3. The quantitative estimate of drug-likeness (QED) is 0.317. The molecule has 0 radical (unpaired) electrons. The van der Waals surface area contributed by atoms with Crippen molar-refractivity contribution in [2.24, 2.45) is 0 Å². The maximum Gasteiger partial charge on any atom is 0.274 e. The largest absolute Gasteiger partial charge is 0.340 e. The number of carbonyl (C=O) groups is 1. The Morgan fingerprint density at radius 3 is 2.24 bits per heavy atom. The maximum atomic E-state index is 12.8. The zero-order valence-corrected chi connectivity index (χ0v) is 18.4. The molecule has 0 unspecified atom stereocenters. The van der Waals surface area contributed by atoms with Crippen LogP contribution in [0.2, 0.25) is 0 Å². The number of amides is 1. The molecule has 5 aromatic rings. The number of carbonyl (C=O) groups excluding carboxylic acids is 1. The SMILES string of the molecule is Cc1nc(Nc2ccc(NC(=O)c3nccc4ccccc34)cc2)cc(Nc2ccccn2)n1. The van der Waals surface area contributed by atoms with E-state index in [-0.39, 0.29) is 5.91 Å². The third-order valence-corrected chi connectivity index (χ3v) is 5.06. The normalized spacial score (nSPS) is 10.6. The van der Waals surface area contributed by atoms with Crippen LogP contribution in [0.5, 0.6) is 0 Å². The van der Waals surface area contributed by atoms with Gasteiger partial charge in [-0.15, -0.1) is 0 Å². The van der Waals surface area contributed by atoms with E-state index < -0.39 is 0 Å². The molecular weight excluding hydrogens is 426 g/mol. The molecule has 34 heavy (non-hydrogen) atoms. The van der Waals surface area contributed by atoms with Crippen LogP contribution in [0.15, 0.2) is 91.3 Å². The van der Waals surface area contributed by atoms with Gasteiger partial charge in [0.25, 0.3) is 5.91 Å². The first-order chi connectivity index (χ1) is 16.6. The maximum absolute atomic E-state index is 12.8. The second-order valence-corrected chi connectivity index (χ2v) is 7.56. The molecule has 0 saturated heterocycles. The fourth-order valence-electron chi connectivity index (χ4n) is 3.54. The molecule has 8 heteroatoms. The van der Waals surface area contributed by atoms with E-state index in [1.165, 1.54) is 0 Å². The fourth-order valence-corrected chi connectivity index (χ4v) is 3.54. The molecule has 166 valence electrons. The van der Waals surface area contributed by atoms with Crippen molar-refractivity contribution in [3.63, 3.8) is 0 Å². The highest BCUT2D eigenvalue weighted by atomic mass is 16.1. The number of fused-ring (bicyclic) bond motifs is 1. The van der Waals surface area contributed by atoms with E-state index in [0.29, 0.717) is 34.7 Å². The predicted molar refractivity (Wildman–Crippen MR) is 134 cm³/mol. The summed E-state index contributed by atoms with van der Waals surface area (Å²) >= 11 is 0. The van der Waals surface area contributed by atoms with Crippen molar-refractivity contribution in [1.82, 2.24) is 19.9 Å². The van der Waals surface area contributed by atoms with Crippen LogP contribution in [0.25, 0.3) is 10.8 Å². The molecule has 2 aromatic carbocycles. The van der Waals surface area contributed by atoms with Crippen molar-refractivity contribution in [3.8, 4) is 0 Å². The van der Waals surface area contributed by atoms with Crippen LogP contribution in [0, 0.1) is 6.92 Å². The molecule has 0 aliphatic heterocycles. The van der Waals surface area contributed by atoms with Crippen molar-refractivity contribution in [2.45, 2.75) is 6.92 Å². The van der Waals surface area contributed by atoms with Crippen molar-refractivity contribution < 1.29 is 4.79 Å². The third-order valence-electron chi connectivity index (χ3n) is 5.06. The number of rotatable bonds is 6. The minimum atomic E-state index is -0.255. The summed E-state index contributed by atoms with van der Waals surface area (Å²) in [5.74, 6) is 2.35. The first-order valence-corrected chi connectivity index (χ1v) is 10.7. The van der Waals surface area contributed by atoms with Crippen LogP contribution in [-0.4, -0.2) is 25.8 Å². The number of hydrogen-bond donors (Lipinski definition) is 3. The molecule has 0 saturated carbocycles. The highest BCUT2D eigenvalue weighted by Crippen LogP contribution is 2.22. The van der Waals surface area contributed by atoms with Gasteiger partial charge in [-0.2, -0.15) is 0 Å². The molecule has 8 nitrogen and oxygen atoms in total. The summed E-state index contributed by atoms with van der Waals surface area (Å²) in [5, 5.41) is 11.1. The lowest BCUT2D eigenvalue weighted by atomic mass is 10.1. The number of pyridine rings is 2. The van der Waals surface area contributed by atoms with Gasteiger partial charge in [-0.25, -0.2) is 15.0 Å². The second-order valence-electron chi connectivity index (χ2n) is 7.56. The van der Waals surface area contributed by atoms with E-state index in [1.54, 1.807) is 12.4 Å². The first kappa shape index (κ1) is 21.0. The molecule has 3 heterocycles. The van der Waals surface area contributed by atoms with Gasteiger partial charge in [0.05, 0.1) is 0 Å². The van der Waals surface area contributed by atoms with Gasteiger partial charge in [-0.3, -0.25) is 9.78 Å². The average Bonchev–Trinajstić information content (AvgIpc) is 2.85. The van der Waals surface area contributed by atoms with E-state index in [2.05, 4.69) is 35.9 Å². The Morgan fingerprint density at radius 2 is 1.44 bits per heavy atom. The number of benzene rings is 2. The van der Waals surface area contributed by atoms with Crippen LogP contribution in [0.4, 0.5) is 28.8 Å². The molecule has 0 atom stereocenters. The second kappa shape index (κ2) is 9.33. The third kappa shape index (κ3) is 4.81. The summed E-state index contributed by atoms with van der Waals surface area (Å²) < 4.78 is 0. The molecule has 0 aliphatic rings. The molecule has 0 fully saturated rings. The predicted octanol–water partition coefficient (Wildman–Crippen LogP) is 5.47. The van der Waals surface area contributed by atoms with Gasteiger partial charge in [0.15, 0.2) is 0 Å². The van der Waals surface area contributed by atoms with Gasteiger partial charge in [0.2, 0.25) is 0 Å². The zero-order valence-electron chi connectivity index (χ0n) is 18.4. The number of anilines is 5. The Morgan fingerprint density at radius 1 is 0.706 bits per heavy atom. The Labute approximate surface area is 196 Å². The Balaban J connectivity index is 1.29. The Hall–Kier alpha value is -4.85. The lowest BCUT2D eigenvalue weighted by Crippen LogP contribution is -2.14. The standard InChI is InChI=1S/C26H21N7O/c1-17-29-23(16-24(30-17)33-22-8-4-5-14-27-22)31-19-9-11-20(12-10-19)32-26(34)25-21-7-3-2-6-18(21)13-15-28-25/h2-16H,1H3,(H,32,34)(H2,27,29,30,31,33). The van der Waals surface area contributed by atoms with E-state index in [4.69, 9.17) is 0 Å². The van der Waals surface area contributed by atoms with Crippen molar-refractivity contribution in [1.29, 1.82) is 0 Å². The molecular formula is C26H21N7O. The van der Waals surface area contributed by atoms with Crippen molar-refractivity contribution >= 4 is 45.5 Å². The van der Waals surface area contributed by atoms with Crippen LogP contribution in [0.3, 0.4) is 0 Å². The van der Waals surface area contributed by atoms with Gasteiger partial charge >= 0.3 is 0 Å². The molecule has 1 amide bonds. The van der Waals surface area contributed by atoms with Crippen LogP contribution in [0.1, 0.15) is 16.3 Å². The summed E-state index contributed by atoms with van der Waals surface area (Å²) in [6, 6.07) is 24.4. The Kier molecular flexibility index (Phi) is 5.77. The minimum absolute atomic E-state index is 0.255. The summed E-state index contributed by atoms with van der Waals surface area (Å²) in [6.45, 7) is 1.83. The number of aromatic nitrogens is 4. The zero-order chi connectivity index (χ0) is 23.3. The molecule has 0 bridgehead atoms. The molecule has 3 N–H and O–H groups in total. The first-order valence-electron chi connectivity index (χ1n) is 10.7. The summed E-state index contributed by atoms with van der Waals surface area (Å²) in [7, 11) is 0. The Bertz CT molecular complexity index is 1450. The van der Waals surface area contributed by atoms with Crippen LogP contribution >= 0.6 is 0 Å². The molecule has 0 aliphatic carbocycles. The van der Waals surface area contributed by atoms with E-state index in [0.717, 1.165) is 16.5 Å². The average molecular weight is 448 g/mol. The van der Waals surface area contributed by atoms with Gasteiger partial charge in [0.1, 0.15) is 29.0 Å². The summed E-state index contributed by atoms with van der Waals surface area (Å²) in [6.07, 6.45) is 3.36. The lowest BCUT2D eigenvalue weighted by molar-refractivity contribution is 0.102. The van der Waals surface area contributed by atoms with Gasteiger partial charge in [-0.1, -0.05) is 30.3 Å². The number of aryl methyl sites for hydroxylation is 1. The molecule has 0 spiro atoms. The lowest BCUT2D eigenvalue weighted by Gasteiger charge is -2.11. The highest BCUT2D eigenvalue weighted by Gasteiger charge is 2.12. The van der Waals surface area contributed by atoms with Crippen molar-refractivity contribution in [3.05, 3.63) is 103 Å². The van der Waals surface area contributed by atoms with Crippen molar-refractivity contribution in [2.75, 3.05) is 16.0 Å². The van der Waals surface area contributed by atoms with E-state index >= 15 is 0 Å². The van der Waals surface area contributed by atoms with Gasteiger partial charge < -0.3 is 16.0 Å². The number of hydrogen-bond acceptors (Lipinski definition) is 7. The van der Waals surface area contributed by atoms with E-state index in [1.807, 2.05) is 85.8 Å². The van der Waals surface area contributed by atoms with Crippen LogP contribution in [-0.2, 0) is 0 Å². The van der Waals surface area contributed by atoms with Gasteiger partial charge in [-0.05, 0) is 54.8 Å². The molecule has 3 aromatic heterocycles. The van der Waals surface area contributed by atoms with Gasteiger partial charge in [0, 0.05) is 35.2 Å². The molecule has 5 rings (SSSR count). The highest BCUT2D eigenvalue weighted by molar-refractivity contribution is 6.11. The summed E-state index contributed by atoms with van der Waals surface area (Å²) in [5.41, 5.74) is 1.88. The number of nitrogens with zero attached hydrogens (tertiary/aromatic N) is 4. The smallest absolute Gasteiger partial charge is 0.274 e. The monoisotopic (exact) mass is 447 g/mol. The fraction of sp³-hybridized carbons (Fsp3) is 0.0385. The topological polar surface area (TPSA) is 105 Å². The van der Waals surface area contributed by atoms with E-state index in [9.17, 15) is 4.79 Å². The summed E-state index contributed by atoms with van der Waals surface area (Å²) in [4.78, 5) is 30.2. The minimum Gasteiger partial charge on any atom is -0.340 e.